The number of benzene rings is 1. The van der Waals surface area contributed by atoms with Crippen LogP contribution in [-0.2, 0) is 9.53 Å². The van der Waals surface area contributed by atoms with Gasteiger partial charge in [0.1, 0.15) is 11.4 Å². The molecule has 2 rings (SSSR count). The molecule has 1 aromatic carbocycles. The van der Waals surface area contributed by atoms with Crippen molar-refractivity contribution in [2.24, 2.45) is 5.92 Å². The van der Waals surface area contributed by atoms with E-state index >= 15 is 0 Å². The Kier molecular flexibility index (Phi) is 8.58. The SMILES string of the molecule is CCOC(C)(CC)C(=O)Nc1ccc(OCCCN2CCCC(C)C2)cc1. The number of likely N-dealkylation sites (tertiary alicyclic amines) is 1. The first-order chi connectivity index (χ1) is 13.0. The number of anilines is 1. The van der Waals surface area contributed by atoms with Crippen LogP contribution < -0.4 is 10.1 Å². The molecule has 2 unspecified atom stereocenters. The minimum absolute atomic E-state index is 0.115. The molecule has 27 heavy (non-hydrogen) atoms. The first-order valence-corrected chi connectivity index (χ1v) is 10.4. The third-order valence-corrected chi connectivity index (χ3v) is 5.36. The zero-order valence-electron chi connectivity index (χ0n) is 17.4. The molecule has 2 atom stereocenters. The molecule has 1 N–H and O–H groups in total. The third-order valence-electron chi connectivity index (χ3n) is 5.36. The highest BCUT2D eigenvalue weighted by atomic mass is 16.5. The normalized spacial score (nSPS) is 20.1. The van der Waals surface area contributed by atoms with Gasteiger partial charge in [-0.1, -0.05) is 13.8 Å². The largest absolute Gasteiger partial charge is 0.494 e. The molecular weight excluding hydrogens is 340 g/mol. The van der Waals surface area contributed by atoms with Crippen molar-refractivity contribution in [1.29, 1.82) is 0 Å². The number of hydrogen-bond acceptors (Lipinski definition) is 4. The van der Waals surface area contributed by atoms with Gasteiger partial charge in [0.05, 0.1) is 6.61 Å². The maximum absolute atomic E-state index is 12.5. The number of carbonyl (C=O) groups excluding carboxylic acids is 1. The van der Waals surface area contributed by atoms with Gasteiger partial charge in [0.25, 0.3) is 5.91 Å². The van der Waals surface area contributed by atoms with Crippen LogP contribution in [0, 0.1) is 5.92 Å². The molecule has 1 aliphatic heterocycles. The van der Waals surface area contributed by atoms with Crippen LogP contribution in [0.2, 0.25) is 0 Å². The van der Waals surface area contributed by atoms with E-state index in [0.29, 0.717) is 13.0 Å². The second-order valence-electron chi connectivity index (χ2n) is 7.75. The van der Waals surface area contributed by atoms with Crippen LogP contribution in [0.3, 0.4) is 0 Å². The molecule has 5 heteroatoms. The average Bonchev–Trinajstić information content (AvgIpc) is 2.66. The fourth-order valence-corrected chi connectivity index (χ4v) is 3.51. The summed E-state index contributed by atoms with van der Waals surface area (Å²) < 4.78 is 11.5. The van der Waals surface area contributed by atoms with Crippen LogP contribution in [0.15, 0.2) is 24.3 Å². The third kappa shape index (κ3) is 6.82. The van der Waals surface area contributed by atoms with Gasteiger partial charge in [-0.15, -0.1) is 0 Å². The van der Waals surface area contributed by atoms with Gasteiger partial charge in [0.15, 0.2) is 0 Å². The molecule has 0 spiro atoms. The van der Waals surface area contributed by atoms with Crippen molar-refractivity contribution in [3.05, 3.63) is 24.3 Å². The number of nitrogens with one attached hydrogen (secondary N) is 1. The van der Waals surface area contributed by atoms with E-state index < -0.39 is 5.60 Å². The minimum Gasteiger partial charge on any atom is -0.494 e. The Morgan fingerprint density at radius 1 is 1.30 bits per heavy atom. The topological polar surface area (TPSA) is 50.8 Å². The summed E-state index contributed by atoms with van der Waals surface area (Å²) in [5, 5.41) is 2.93. The summed E-state index contributed by atoms with van der Waals surface area (Å²) in [7, 11) is 0. The summed E-state index contributed by atoms with van der Waals surface area (Å²) in [5.74, 6) is 1.54. The van der Waals surface area contributed by atoms with E-state index in [2.05, 4.69) is 17.1 Å². The van der Waals surface area contributed by atoms with E-state index in [1.165, 1.54) is 25.9 Å². The van der Waals surface area contributed by atoms with Crippen LogP contribution in [0.4, 0.5) is 5.69 Å². The predicted molar refractivity (Wildman–Crippen MR) is 110 cm³/mol. The number of nitrogens with zero attached hydrogens (tertiary/aromatic N) is 1. The first kappa shape index (κ1) is 21.7. The second-order valence-corrected chi connectivity index (χ2v) is 7.75. The van der Waals surface area contributed by atoms with Crippen molar-refractivity contribution < 1.29 is 14.3 Å². The Morgan fingerprint density at radius 3 is 2.67 bits per heavy atom. The summed E-state index contributed by atoms with van der Waals surface area (Å²) in [4.78, 5) is 15.0. The first-order valence-electron chi connectivity index (χ1n) is 10.4. The minimum atomic E-state index is -0.796. The molecular formula is C22H36N2O3. The fourth-order valence-electron chi connectivity index (χ4n) is 3.51. The smallest absolute Gasteiger partial charge is 0.256 e. The van der Waals surface area contributed by atoms with Crippen molar-refractivity contribution in [2.45, 2.75) is 59.0 Å². The van der Waals surface area contributed by atoms with Crippen molar-refractivity contribution in [3.63, 3.8) is 0 Å². The Hall–Kier alpha value is -1.59. The number of ether oxygens (including phenoxy) is 2. The molecule has 1 heterocycles. The van der Waals surface area contributed by atoms with Gasteiger partial charge in [-0.2, -0.15) is 0 Å². The molecule has 0 aromatic heterocycles. The summed E-state index contributed by atoms with van der Waals surface area (Å²) in [5.41, 5.74) is -0.0374. The van der Waals surface area contributed by atoms with Crippen LogP contribution >= 0.6 is 0 Å². The maximum Gasteiger partial charge on any atom is 0.256 e. The lowest BCUT2D eigenvalue weighted by atomic mass is 10.0. The van der Waals surface area contributed by atoms with E-state index in [1.807, 2.05) is 45.0 Å². The summed E-state index contributed by atoms with van der Waals surface area (Å²) in [6.07, 6.45) is 4.34. The zero-order chi connectivity index (χ0) is 19.7. The lowest BCUT2D eigenvalue weighted by Gasteiger charge is -2.30. The van der Waals surface area contributed by atoms with Crippen LogP contribution in [0.5, 0.6) is 5.75 Å². The highest BCUT2D eigenvalue weighted by Crippen LogP contribution is 2.21. The lowest BCUT2D eigenvalue weighted by Crippen LogP contribution is -2.42. The summed E-state index contributed by atoms with van der Waals surface area (Å²) in [6.45, 7) is 12.8. The van der Waals surface area contributed by atoms with Gasteiger partial charge < -0.3 is 19.7 Å². The van der Waals surface area contributed by atoms with Gasteiger partial charge in [-0.05, 0) is 76.3 Å². The molecule has 1 aliphatic rings. The molecule has 0 saturated carbocycles. The molecule has 152 valence electrons. The monoisotopic (exact) mass is 376 g/mol. The van der Waals surface area contributed by atoms with E-state index in [0.717, 1.165) is 36.9 Å². The molecule has 1 saturated heterocycles. The number of amides is 1. The van der Waals surface area contributed by atoms with Crippen molar-refractivity contribution >= 4 is 11.6 Å². The molecule has 5 nitrogen and oxygen atoms in total. The Labute approximate surface area is 164 Å². The molecule has 0 radical (unpaired) electrons. The average molecular weight is 377 g/mol. The van der Waals surface area contributed by atoms with Crippen LogP contribution in [0.25, 0.3) is 0 Å². The number of carbonyl (C=O) groups is 1. The standard InChI is InChI=1S/C22H36N2O3/c1-5-22(4,27-6-2)21(25)23-19-10-12-20(13-11-19)26-16-8-15-24-14-7-9-18(3)17-24/h10-13,18H,5-9,14-17H2,1-4H3,(H,23,25). The number of rotatable bonds is 10. The van der Waals surface area contributed by atoms with E-state index in [9.17, 15) is 4.79 Å². The predicted octanol–water partition coefficient (Wildman–Crippen LogP) is 4.33. The van der Waals surface area contributed by atoms with Gasteiger partial charge in [-0.25, -0.2) is 0 Å². The molecule has 1 amide bonds. The number of hydrogen-bond donors (Lipinski definition) is 1. The van der Waals surface area contributed by atoms with Crippen molar-refractivity contribution in [1.82, 2.24) is 4.90 Å². The molecule has 0 aliphatic carbocycles. The summed E-state index contributed by atoms with van der Waals surface area (Å²) >= 11 is 0. The van der Waals surface area contributed by atoms with Gasteiger partial charge >= 0.3 is 0 Å². The van der Waals surface area contributed by atoms with E-state index in [-0.39, 0.29) is 5.91 Å². The molecule has 1 fully saturated rings. The Bertz CT molecular complexity index is 575. The van der Waals surface area contributed by atoms with Crippen LogP contribution in [0.1, 0.15) is 53.4 Å². The van der Waals surface area contributed by atoms with E-state index in [4.69, 9.17) is 9.47 Å². The Morgan fingerprint density at radius 2 is 2.04 bits per heavy atom. The molecule has 1 aromatic rings. The van der Waals surface area contributed by atoms with Gasteiger partial charge in [0.2, 0.25) is 0 Å². The Balaban J connectivity index is 1.74. The highest BCUT2D eigenvalue weighted by Gasteiger charge is 2.31. The van der Waals surface area contributed by atoms with Crippen LogP contribution in [-0.4, -0.2) is 49.3 Å². The zero-order valence-corrected chi connectivity index (χ0v) is 17.4. The van der Waals surface area contributed by atoms with Gasteiger partial charge in [0, 0.05) is 25.4 Å². The van der Waals surface area contributed by atoms with Crippen molar-refractivity contribution in [2.75, 3.05) is 38.2 Å². The van der Waals surface area contributed by atoms with Gasteiger partial charge in [-0.3, -0.25) is 4.79 Å². The second kappa shape index (κ2) is 10.7. The quantitative estimate of drug-likeness (QED) is 0.618. The highest BCUT2D eigenvalue weighted by molar-refractivity contribution is 5.97. The van der Waals surface area contributed by atoms with E-state index in [1.54, 1.807) is 0 Å². The number of piperidine rings is 1. The fraction of sp³-hybridized carbons (Fsp3) is 0.682. The van der Waals surface area contributed by atoms with Crippen molar-refractivity contribution in [3.8, 4) is 5.75 Å². The lowest BCUT2D eigenvalue weighted by molar-refractivity contribution is -0.139. The summed E-state index contributed by atoms with van der Waals surface area (Å²) in [6, 6.07) is 7.56. The molecule has 0 bridgehead atoms. The maximum atomic E-state index is 12.5.